The summed E-state index contributed by atoms with van der Waals surface area (Å²) in [6.07, 6.45) is 50.5. The molecule has 6 aromatic rings. The van der Waals surface area contributed by atoms with Crippen LogP contribution in [0, 0.1) is 89.4 Å². The van der Waals surface area contributed by atoms with Crippen molar-refractivity contribution in [3.63, 3.8) is 0 Å². The van der Waals surface area contributed by atoms with E-state index in [9.17, 15) is 0 Å². The molecule has 0 amide bonds. The van der Waals surface area contributed by atoms with Crippen LogP contribution in [0.25, 0.3) is 0 Å². The summed E-state index contributed by atoms with van der Waals surface area (Å²) in [7, 11) is 0. The number of unbranched alkanes of at least 4 members (excludes halogenated alkanes) is 16. The zero-order valence-corrected chi connectivity index (χ0v) is 69.1. The molecule has 564 valence electrons. The second kappa shape index (κ2) is 57.7. The van der Waals surface area contributed by atoms with Gasteiger partial charge in [0.2, 0.25) is 0 Å². The van der Waals surface area contributed by atoms with E-state index < -0.39 is 0 Å². The highest BCUT2D eigenvalue weighted by atomic mass is 14.4. The summed E-state index contributed by atoms with van der Waals surface area (Å²) in [5, 5.41) is 0. The van der Waals surface area contributed by atoms with E-state index >= 15 is 0 Å². The summed E-state index contributed by atoms with van der Waals surface area (Å²) in [5.74, 6) is 5.93. The third-order valence-electron chi connectivity index (χ3n) is 22.3. The van der Waals surface area contributed by atoms with E-state index in [1.807, 2.05) is 0 Å². The molecule has 3 aliphatic carbocycles. The summed E-state index contributed by atoms with van der Waals surface area (Å²) < 4.78 is 0. The predicted octanol–water partition coefficient (Wildman–Crippen LogP) is 32.4. The van der Waals surface area contributed by atoms with Crippen LogP contribution in [0.4, 0.5) is 0 Å². The van der Waals surface area contributed by atoms with Gasteiger partial charge in [-0.2, -0.15) is 0 Å². The van der Waals surface area contributed by atoms with Gasteiger partial charge in [-0.3, -0.25) is 0 Å². The Labute approximate surface area is 625 Å². The van der Waals surface area contributed by atoms with Crippen LogP contribution in [0.2, 0.25) is 0 Å². The van der Waals surface area contributed by atoms with E-state index in [2.05, 4.69) is 272 Å². The van der Waals surface area contributed by atoms with E-state index in [4.69, 9.17) is 0 Å². The average Bonchev–Trinajstić information content (AvgIpc) is 0.809. The lowest BCUT2D eigenvalue weighted by Gasteiger charge is -2.46. The second-order valence-corrected chi connectivity index (χ2v) is 32.4. The smallest absolute Gasteiger partial charge is 0.00256 e. The van der Waals surface area contributed by atoms with Crippen molar-refractivity contribution < 1.29 is 0 Å². The molecule has 0 bridgehead atoms. The molecule has 6 aromatic carbocycles. The van der Waals surface area contributed by atoms with Gasteiger partial charge in [-0.15, -0.1) is 0 Å². The van der Waals surface area contributed by atoms with Crippen molar-refractivity contribution in [3.8, 4) is 0 Å². The fourth-order valence-electron chi connectivity index (χ4n) is 14.5. The van der Waals surface area contributed by atoms with Crippen LogP contribution in [0.1, 0.15) is 374 Å². The molecule has 0 N–H and O–H groups in total. The zero-order chi connectivity index (χ0) is 73.1. The molecular formula is C100H164. The van der Waals surface area contributed by atoms with Crippen molar-refractivity contribution in [1.29, 1.82) is 0 Å². The molecule has 3 fully saturated rings. The molecule has 0 unspecified atom stereocenters. The Morgan fingerprint density at radius 2 is 0.560 bits per heavy atom. The fourth-order valence-corrected chi connectivity index (χ4v) is 14.5. The van der Waals surface area contributed by atoms with Gasteiger partial charge in [0, 0.05) is 0 Å². The summed E-state index contributed by atoms with van der Waals surface area (Å²) in [6.45, 7) is 45.2. The van der Waals surface area contributed by atoms with Crippen molar-refractivity contribution in [3.05, 3.63) is 211 Å². The van der Waals surface area contributed by atoms with Crippen molar-refractivity contribution in [2.75, 3.05) is 0 Å². The Hall–Kier alpha value is -4.68. The first-order valence-corrected chi connectivity index (χ1v) is 42.0. The van der Waals surface area contributed by atoms with Crippen molar-refractivity contribution in [2.45, 2.75) is 377 Å². The first-order valence-electron chi connectivity index (χ1n) is 42.0. The molecule has 0 heteroatoms. The molecule has 0 saturated heterocycles. The minimum absolute atomic E-state index is 0. The van der Waals surface area contributed by atoms with Crippen molar-refractivity contribution in [2.24, 2.45) is 40.9 Å². The van der Waals surface area contributed by atoms with Gasteiger partial charge >= 0.3 is 0 Å². The number of benzene rings is 6. The standard InChI is InChI=1S/C17H32.C17H20.C15H22.C15H16.C14H30.C10H14.C8H18.C3H8.CH4/c1-13-5-9-15(10-6-13)17(3,4)16-11-7-14(2)8-12-16;1-12-5-7-16(9-14(12)3)11-17-8-6-13(2)15(4)10-17;2*1-12-3-7-14(8-4-12)11-15-9-5-13(2)6-10-15;1-3-5-7-9-11-13-14-12-10-8-6-4-2;1-3-9-6-5-7-10(4-2)8-9;1-3-5-7-8-6-4-2;1-3-2;/h13-16H,5-12H2,1-4H3;5-10H,11H2,1-4H3;3-4,7-8,13,15H,5-6,9-11H2,1-2H3;3-10H,11H2,1-2H3;3-14H2,1-2H3;5-8H,3-4H2,1-2H3;3-8H2,1-2H3;3H2,1-2H3;1H4. The molecule has 0 radical (unpaired) electrons. The Morgan fingerprint density at radius 3 is 0.850 bits per heavy atom. The first kappa shape index (κ1) is 93.3. The van der Waals surface area contributed by atoms with Crippen LogP contribution in [-0.2, 0) is 32.1 Å². The number of rotatable bonds is 26. The minimum atomic E-state index is 0. The van der Waals surface area contributed by atoms with Gasteiger partial charge in [-0.1, -0.05) is 408 Å². The topological polar surface area (TPSA) is 0 Å². The number of aryl methyl sites for hydroxylation is 9. The van der Waals surface area contributed by atoms with E-state index in [0.717, 1.165) is 61.2 Å². The van der Waals surface area contributed by atoms with Crippen LogP contribution >= 0.6 is 0 Å². The fraction of sp³-hybridized carbons (Fsp3) is 0.640. The summed E-state index contributed by atoms with van der Waals surface area (Å²) in [4.78, 5) is 0. The lowest BCUT2D eigenvalue weighted by Crippen LogP contribution is -2.36. The maximum absolute atomic E-state index is 2.58. The van der Waals surface area contributed by atoms with Crippen LogP contribution < -0.4 is 0 Å². The van der Waals surface area contributed by atoms with Crippen molar-refractivity contribution >= 4 is 0 Å². The normalized spacial score (nSPS) is 17.6. The van der Waals surface area contributed by atoms with Gasteiger partial charge in [-0.05, 0) is 221 Å². The lowest BCUT2D eigenvalue weighted by molar-refractivity contribution is 0.0421. The van der Waals surface area contributed by atoms with Gasteiger partial charge in [0.05, 0.1) is 0 Å². The molecule has 0 nitrogen and oxygen atoms in total. The highest BCUT2D eigenvalue weighted by molar-refractivity contribution is 5.37. The quantitative estimate of drug-likeness (QED) is 0.0475. The molecular weight excluding hydrogens is 1200 g/mol. The molecule has 3 aliphatic rings. The zero-order valence-electron chi connectivity index (χ0n) is 69.1. The molecule has 0 aliphatic heterocycles. The molecule has 100 heavy (non-hydrogen) atoms. The van der Waals surface area contributed by atoms with Gasteiger partial charge < -0.3 is 0 Å². The molecule has 9 rings (SSSR count). The second-order valence-electron chi connectivity index (χ2n) is 32.4. The van der Waals surface area contributed by atoms with E-state index in [1.165, 1.54) is 283 Å². The van der Waals surface area contributed by atoms with Crippen LogP contribution in [-0.4, -0.2) is 0 Å². The predicted molar refractivity (Wildman–Crippen MR) is 456 cm³/mol. The lowest BCUT2D eigenvalue weighted by atomic mass is 9.59. The molecule has 0 atom stereocenters. The Kier molecular flexibility index (Phi) is 53.8. The Balaban J connectivity index is 0.000000585. The molecule has 3 saturated carbocycles. The third kappa shape index (κ3) is 43.4. The summed E-state index contributed by atoms with van der Waals surface area (Å²) >= 11 is 0. The number of hydrogen-bond donors (Lipinski definition) is 0. The van der Waals surface area contributed by atoms with Crippen molar-refractivity contribution in [1.82, 2.24) is 0 Å². The highest BCUT2D eigenvalue weighted by Crippen LogP contribution is 2.49. The van der Waals surface area contributed by atoms with Crippen LogP contribution in [0.5, 0.6) is 0 Å². The maximum Gasteiger partial charge on any atom is -0.00256 e. The average molecular weight is 1370 g/mol. The molecule has 0 spiro atoms. The monoisotopic (exact) mass is 1370 g/mol. The van der Waals surface area contributed by atoms with E-state index in [-0.39, 0.29) is 7.43 Å². The maximum atomic E-state index is 2.58. The number of hydrogen-bond acceptors (Lipinski definition) is 0. The Bertz CT molecular complexity index is 2660. The van der Waals surface area contributed by atoms with Crippen LogP contribution in [0.15, 0.2) is 133 Å². The molecule has 0 heterocycles. The van der Waals surface area contributed by atoms with Crippen LogP contribution in [0.3, 0.4) is 0 Å². The molecule has 0 aromatic heterocycles. The summed E-state index contributed by atoms with van der Waals surface area (Å²) in [6, 6.07) is 48.8. The Morgan fingerprint density at radius 1 is 0.290 bits per heavy atom. The van der Waals surface area contributed by atoms with E-state index in [0.29, 0.717) is 5.41 Å². The van der Waals surface area contributed by atoms with Gasteiger partial charge in [0.25, 0.3) is 0 Å². The largest absolute Gasteiger partial charge is 0.0776 e. The highest BCUT2D eigenvalue weighted by Gasteiger charge is 2.39. The van der Waals surface area contributed by atoms with Gasteiger partial charge in [0.15, 0.2) is 0 Å². The van der Waals surface area contributed by atoms with Gasteiger partial charge in [0.1, 0.15) is 0 Å². The SMILES string of the molecule is C.CC1CCC(C(C)(C)C2CCC(C)CC2)CC1.CCC.CCCCCCCC.CCCCCCCCCCCCCC.CCc1cccc(CC)c1.Cc1ccc(CC2CCC(C)CC2)cc1.Cc1ccc(Cc2ccc(C)c(C)c2)cc1C.Cc1ccc(Cc2ccc(C)cc2)cc1. The first-order chi connectivity index (χ1) is 47.6. The summed E-state index contributed by atoms with van der Waals surface area (Å²) in [5.41, 5.74) is 20.1. The minimum Gasteiger partial charge on any atom is -0.0776 e. The van der Waals surface area contributed by atoms with Gasteiger partial charge in [-0.25, -0.2) is 0 Å². The van der Waals surface area contributed by atoms with E-state index in [1.54, 1.807) is 0 Å². The third-order valence-corrected chi connectivity index (χ3v) is 22.3.